The Bertz CT molecular complexity index is 478. The van der Waals surface area contributed by atoms with Gasteiger partial charge in [0.05, 0.1) is 12.6 Å². The molecule has 0 bridgehead atoms. The molecule has 0 aliphatic carbocycles. The molecule has 1 aromatic rings. The maximum absolute atomic E-state index is 11.7. The Balaban J connectivity index is 2.80. The van der Waals surface area contributed by atoms with Gasteiger partial charge in [0.25, 0.3) is 0 Å². The summed E-state index contributed by atoms with van der Waals surface area (Å²) in [7, 11) is 0. The van der Waals surface area contributed by atoms with Gasteiger partial charge in [-0.05, 0) is 11.1 Å². The highest BCUT2D eigenvalue weighted by molar-refractivity contribution is 5.97. The van der Waals surface area contributed by atoms with Crippen molar-refractivity contribution in [2.24, 2.45) is 11.0 Å². The minimum atomic E-state index is -1.16. The molecule has 0 aliphatic rings. The van der Waals surface area contributed by atoms with Crippen molar-refractivity contribution in [3.05, 3.63) is 45.8 Å². The van der Waals surface area contributed by atoms with E-state index < -0.39 is 12.2 Å². The molecule has 2 unspecified atom stereocenters. The van der Waals surface area contributed by atoms with Crippen molar-refractivity contribution < 1.29 is 15.0 Å². The molecule has 0 saturated heterocycles. The van der Waals surface area contributed by atoms with Gasteiger partial charge in [-0.1, -0.05) is 43.2 Å². The average Bonchev–Trinajstić information content (AvgIpc) is 2.43. The van der Waals surface area contributed by atoms with Crippen LogP contribution in [0.1, 0.15) is 35.9 Å². The Morgan fingerprint density at radius 2 is 1.89 bits per heavy atom. The summed E-state index contributed by atoms with van der Waals surface area (Å²) in [4.78, 5) is 14.3. The standard InChI is InChI=1S/C13H17N3O3/c1-8(2)12(18)9-3-5-10(6-4-9)13(19)11(17)7-15-16-14/h3-6,8,11,13,17,19H,7H2,1-2H3. The maximum atomic E-state index is 11.7. The second kappa shape index (κ2) is 6.89. The third kappa shape index (κ3) is 4.06. The van der Waals surface area contributed by atoms with Crippen molar-refractivity contribution in [3.63, 3.8) is 0 Å². The average molecular weight is 263 g/mol. The zero-order chi connectivity index (χ0) is 14.4. The summed E-state index contributed by atoms with van der Waals surface area (Å²) in [5.41, 5.74) is 9.18. The van der Waals surface area contributed by atoms with Crippen LogP contribution >= 0.6 is 0 Å². The first-order valence-corrected chi connectivity index (χ1v) is 5.98. The fourth-order valence-corrected chi connectivity index (χ4v) is 1.62. The normalized spacial score (nSPS) is 13.7. The van der Waals surface area contributed by atoms with E-state index >= 15 is 0 Å². The largest absolute Gasteiger partial charge is 0.390 e. The second-order valence-corrected chi connectivity index (χ2v) is 4.57. The SMILES string of the molecule is CC(C)C(=O)c1ccc(C(O)C(O)CN=[N+]=[N-])cc1. The van der Waals surface area contributed by atoms with Crippen molar-refractivity contribution in [1.82, 2.24) is 0 Å². The number of carbonyl (C=O) groups is 1. The monoisotopic (exact) mass is 263 g/mol. The predicted octanol–water partition coefficient (Wildman–Crippen LogP) is 2.23. The fraction of sp³-hybridized carbons (Fsp3) is 0.462. The third-order valence-electron chi connectivity index (χ3n) is 2.76. The van der Waals surface area contributed by atoms with Crippen LogP contribution in [0.5, 0.6) is 0 Å². The number of carbonyl (C=O) groups excluding carboxylic acids is 1. The maximum Gasteiger partial charge on any atom is 0.165 e. The van der Waals surface area contributed by atoms with Crippen LogP contribution in [-0.2, 0) is 0 Å². The lowest BCUT2D eigenvalue weighted by Crippen LogP contribution is -2.21. The molecule has 0 aromatic heterocycles. The molecule has 1 aromatic carbocycles. The van der Waals surface area contributed by atoms with Crippen LogP contribution in [0, 0.1) is 5.92 Å². The molecule has 0 saturated carbocycles. The number of benzene rings is 1. The van der Waals surface area contributed by atoms with Crippen molar-refractivity contribution in [2.75, 3.05) is 6.54 Å². The van der Waals surface area contributed by atoms with Gasteiger partial charge in [0.15, 0.2) is 5.78 Å². The molecule has 0 heterocycles. The minimum absolute atomic E-state index is 0.0238. The van der Waals surface area contributed by atoms with Crippen LogP contribution in [0.4, 0.5) is 0 Å². The zero-order valence-electron chi connectivity index (χ0n) is 10.9. The first-order chi connectivity index (χ1) is 8.97. The van der Waals surface area contributed by atoms with Gasteiger partial charge in [0.1, 0.15) is 6.10 Å². The number of aliphatic hydroxyl groups is 2. The summed E-state index contributed by atoms with van der Waals surface area (Å²) in [6, 6.07) is 6.39. The van der Waals surface area contributed by atoms with E-state index in [1.165, 1.54) is 0 Å². The highest BCUT2D eigenvalue weighted by Crippen LogP contribution is 2.19. The first kappa shape index (κ1) is 15.2. The molecule has 2 atom stereocenters. The Morgan fingerprint density at radius 3 is 2.37 bits per heavy atom. The smallest absolute Gasteiger partial charge is 0.165 e. The number of azide groups is 1. The van der Waals surface area contributed by atoms with E-state index in [4.69, 9.17) is 5.53 Å². The summed E-state index contributed by atoms with van der Waals surface area (Å²) < 4.78 is 0. The summed E-state index contributed by atoms with van der Waals surface area (Å²) in [5.74, 6) is -0.0676. The van der Waals surface area contributed by atoms with E-state index in [0.29, 0.717) is 11.1 Å². The lowest BCUT2D eigenvalue weighted by Gasteiger charge is -2.16. The topological polar surface area (TPSA) is 106 Å². The molecule has 0 radical (unpaired) electrons. The quantitative estimate of drug-likeness (QED) is 0.355. The summed E-state index contributed by atoms with van der Waals surface area (Å²) in [5, 5.41) is 22.6. The van der Waals surface area contributed by atoms with E-state index in [1.807, 2.05) is 13.8 Å². The van der Waals surface area contributed by atoms with E-state index in [9.17, 15) is 15.0 Å². The van der Waals surface area contributed by atoms with Crippen molar-refractivity contribution in [1.29, 1.82) is 0 Å². The number of aliphatic hydroxyl groups excluding tert-OH is 2. The van der Waals surface area contributed by atoms with E-state index in [0.717, 1.165) is 0 Å². The van der Waals surface area contributed by atoms with Gasteiger partial charge in [-0.2, -0.15) is 0 Å². The van der Waals surface area contributed by atoms with Crippen LogP contribution in [0.3, 0.4) is 0 Å². The summed E-state index contributed by atoms with van der Waals surface area (Å²) in [6.45, 7) is 3.42. The van der Waals surface area contributed by atoms with Gasteiger partial charge in [-0.15, -0.1) is 0 Å². The van der Waals surface area contributed by atoms with Crippen LogP contribution in [-0.4, -0.2) is 28.6 Å². The van der Waals surface area contributed by atoms with Crippen molar-refractivity contribution in [3.8, 4) is 0 Å². The molecule has 0 fully saturated rings. The van der Waals surface area contributed by atoms with Crippen LogP contribution in [0.2, 0.25) is 0 Å². The molecular weight excluding hydrogens is 246 g/mol. The van der Waals surface area contributed by atoms with E-state index in [1.54, 1.807) is 24.3 Å². The van der Waals surface area contributed by atoms with Gasteiger partial charge >= 0.3 is 0 Å². The highest BCUT2D eigenvalue weighted by atomic mass is 16.3. The van der Waals surface area contributed by atoms with Crippen molar-refractivity contribution in [2.45, 2.75) is 26.1 Å². The molecule has 2 N–H and O–H groups in total. The number of rotatable bonds is 6. The Labute approximate surface area is 111 Å². The number of Topliss-reactive ketones (excluding diaryl/α,β-unsaturated/α-hetero) is 1. The molecule has 102 valence electrons. The highest BCUT2D eigenvalue weighted by Gasteiger charge is 2.18. The van der Waals surface area contributed by atoms with E-state index in [-0.39, 0.29) is 18.2 Å². The van der Waals surface area contributed by atoms with E-state index in [2.05, 4.69) is 10.0 Å². The lowest BCUT2D eigenvalue weighted by molar-refractivity contribution is 0.0244. The van der Waals surface area contributed by atoms with Gasteiger partial charge in [0, 0.05) is 16.4 Å². The lowest BCUT2D eigenvalue weighted by atomic mass is 9.97. The number of hydrogen-bond donors (Lipinski definition) is 2. The zero-order valence-corrected chi connectivity index (χ0v) is 10.9. The number of nitrogens with zero attached hydrogens (tertiary/aromatic N) is 3. The summed E-state index contributed by atoms with van der Waals surface area (Å²) in [6.07, 6.45) is -2.31. The minimum Gasteiger partial charge on any atom is -0.390 e. The molecule has 19 heavy (non-hydrogen) atoms. The van der Waals surface area contributed by atoms with Gasteiger partial charge in [-0.3, -0.25) is 4.79 Å². The molecule has 0 spiro atoms. The van der Waals surface area contributed by atoms with Gasteiger partial charge in [0.2, 0.25) is 0 Å². The van der Waals surface area contributed by atoms with Crippen LogP contribution in [0.25, 0.3) is 10.4 Å². The molecule has 0 aliphatic heterocycles. The number of hydrogen-bond acceptors (Lipinski definition) is 4. The first-order valence-electron chi connectivity index (χ1n) is 5.98. The van der Waals surface area contributed by atoms with Crippen molar-refractivity contribution >= 4 is 5.78 Å². The second-order valence-electron chi connectivity index (χ2n) is 4.57. The molecular formula is C13H17N3O3. The number of ketones is 1. The molecule has 6 nitrogen and oxygen atoms in total. The molecule has 6 heteroatoms. The van der Waals surface area contributed by atoms with Crippen LogP contribution < -0.4 is 0 Å². The Kier molecular flexibility index (Phi) is 5.51. The molecule has 0 amide bonds. The summed E-state index contributed by atoms with van der Waals surface area (Å²) >= 11 is 0. The third-order valence-corrected chi connectivity index (χ3v) is 2.76. The van der Waals surface area contributed by atoms with Gasteiger partial charge in [-0.25, -0.2) is 0 Å². The predicted molar refractivity (Wildman–Crippen MR) is 70.6 cm³/mol. The van der Waals surface area contributed by atoms with Gasteiger partial charge < -0.3 is 10.2 Å². The van der Waals surface area contributed by atoms with Crippen LogP contribution in [0.15, 0.2) is 29.4 Å². The Hall–Kier alpha value is -1.88. The fourth-order valence-electron chi connectivity index (χ4n) is 1.62. The molecule has 1 rings (SSSR count). The Morgan fingerprint density at radius 1 is 1.32 bits per heavy atom.